The summed E-state index contributed by atoms with van der Waals surface area (Å²) in [5.74, 6) is 1.07. The predicted molar refractivity (Wildman–Crippen MR) is 110 cm³/mol. The minimum Gasteiger partial charge on any atom is -0.444 e. The van der Waals surface area contributed by atoms with Crippen LogP contribution in [0.25, 0.3) is 11.0 Å². The Labute approximate surface area is 170 Å². The van der Waals surface area contributed by atoms with Crippen LogP contribution in [-0.2, 0) is 18.3 Å². The van der Waals surface area contributed by atoms with Gasteiger partial charge < -0.3 is 19.5 Å². The minimum absolute atomic E-state index is 0.000791. The van der Waals surface area contributed by atoms with E-state index < -0.39 is 10.5 Å². The van der Waals surface area contributed by atoms with Gasteiger partial charge in [-0.05, 0) is 58.7 Å². The van der Waals surface area contributed by atoms with Crippen molar-refractivity contribution < 1.29 is 14.5 Å². The third kappa shape index (κ3) is 5.23. The molecule has 1 aromatic heterocycles. The molecule has 1 fully saturated rings. The number of piperidine rings is 1. The molecule has 0 aliphatic carbocycles. The number of hydrogen-bond acceptors (Lipinski definition) is 6. The second kappa shape index (κ2) is 8.36. The molecule has 1 N–H and O–H groups in total. The third-order valence-corrected chi connectivity index (χ3v) is 5.09. The molecule has 1 aliphatic heterocycles. The number of aryl methyl sites for hydroxylation is 1. The van der Waals surface area contributed by atoms with Crippen LogP contribution in [0.2, 0.25) is 0 Å². The molecule has 9 heteroatoms. The number of imidazole rings is 1. The number of fused-ring (bicyclic) bond motifs is 1. The van der Waals surface area contributed by atoms with Crippen LogP contribution in [0, 0.1) is 16.0 Å². The van der Waals surface area contributed by atoms with Crippen LogP contribution < -0.4 is 5.32 Å². The standard InChI is InChI=1S/C20H29N5O4/c1-20(2,3)29-19(26)24(12-14-7-9-21-10-8-14)13-18-22-16-11-15(25(27)28)5-6-17(16)23(18)4/h5-6,11,14,21H,7-10,12-13H2,1-4H3. The second-order valence-corrected chi connectivity index (χ2v) is 8.57. The Morgan fingerprint density at radius 2 is 2.07 bits per heavy atom. The first kappa shape index (κ1) is 21.0. The van der Waals surface area contributed by atoms with E-state index in [2.05, 4.69) is 10.3 Å². The SMILES string of the molecule is Cn1c(CN(CC2CCNCC2)C(=O)OC(C)(C)C)nc2cc([N+](=O)[O-])ccc21. The Morgan fingerprint density at radius 1 is 1.38 bits per heavy atom. The van der Waals surface area contributed by atoms with E-state index in [1.54, 1.807) is 11.0 Å². The summed E-state index contributed by atoms with van der Waals surface area (Å²) < 4.78 is 7.50. The van der Waals surface area contributed by atoms with Gasteiger partial charge >= 0.3 is 6.09 Å². The van der Waals surface area contributed by atoms with Crippen molar-refractivity contribution >= 4 is 22.8 Å². The van der Waals surface area contributed by atoms with E-state index in [-0.39, 0.29) is 18.3 Å². The molecule has 0 bridgehead atoms. The first-order chi connectivity index (χ1) is 13.6. The molecule has 2 aromatic rings. The van der Waals surface area contributed by atoms with Gasteiger partial charge in [0.2, 0.25) is 0 Å². The van der Waals surface area contributed by atoms with Crippen LogP contribution in [0.4, 0.5) is 10.5 Å². The fourth-order valence-electron chi connectivity index (χ4n) is 3.57. The molecule has 0 unspecified atom stereocenters. The quantitative estimate of drug-likeness (QED) is 0.607. The van der Waals surface area contributed by atoms with Gasteiger partial charge in [-0.15, -0.1) is 0 Å². The zero-order valence-corrected chi connectivity index (χ0v) is 17.5. The molecule has 2 heterocycles. The number of carbonyl (C=O) groups excluding carboxylic acids is 1. The number of ether oxygens (including phenoxy) is 1. The van der Waals surface area contributed by atoms with Crippen molar-refractivity contribution in [1.82, 2.24) is 19.8 Å². The van der Waals surface area contributed by atoms with Gasteiger partial charge in [0.15, 0.2) is 0 Å². The largest absolute Gasteiger partial charge is 0.444 e. The molecule has 0 spiro atoms. The van der Waals surface area contributed by atoms with Crippen LogP contribution in [0.5, 0.6) is 0 Å². The van der Waals surface area contributed by atoms with Crippen molar-refractivity contribution in [2.45, 2.75) is 45.8 Å². The van der Waals surface area contributed by atoms with Gasteiger partial charge in [0, 0.05) is 25.7 Å². The highest BCUT2D eigenvalue weighted by Gasteiger charge is 2.27. The van der Waals surface area contributed by atoms with Crippen molar-refractivity contribution in [2.24, 2.45) is 13.0 Å². The zero-order valence-electron chi connectivity index (χ0n) is 17.5. The van der Waals surface area contributed by atoms with Gasteiger partial charge in [0.25, 0.3) is 5.69 Å². The molecular formula is C20H29N5O4. The summed E-state index contributed by atoms with van der Waals surface area (Å²) in [4.78, 5) is 29.8. The normalized spacial score (nSPS) is 15.4. The summed E-state index contributed by atoms with van der Waals surface area (Å²) in [6.07, 6.45) is 1.65. The molecule has 158 valence electrons. The number of aromatic nitrogens is 2. The number of carbonyl (C=O) groups is 1. The summed E-state index contributed by atoms with van der Waals surface area (Å²) in [5, 5.41) is 14.4. The lowest BCUT2D eigenvalue weighted by atomic mass is 9.97. The molecule has 1 saturated heterocycles. The average Bonchev–Trinajstić information content (AvgIpc) is 2.95. The summed E-state index contributed by atoms with van der Waals surface area (Å²) >= 11 is 0. The fraction of sp³-hybridized carbons (Fsp3) is 0.600. The number of benzene rings is 1. The lowest BCUT2D eigenvalue weighted by Gasteiger charge is -2.31. The highest BCUT2D eigenvalue weighted by molar-refractivity contribution is 5.78. The third-order valence-electron chi connectivity index (χ3n) is 5.09. The van der Waals surface area contributed by atoms with Crippen LogP contribution >= 0.6 is 0 Å². The number of hydrogen-bond donors (Lipinski definition) is 1. The Kier molecular flexibility index (Phi) is 6.07. The molecule has 29 heavy (non-hydrogen) atoms. The van der Waals surface area contributed by atoms with Crippen LogP contribution in [0.15, 0.2) is 18.2 Å². The van der Waals surface area contributed by atoms with Crippen molar-refractivity contribution in [2.75, 3.05) is 19.6 Å². The lowest BCUT2D eigenvalue weighted by Crippen LogP contribution is -2.42. The highest BCUT2D eigenvalue weighted by atomic mass is 16.6. The molecule has 0 saturated carbocycles. The van der Waals surface area contributed by atoms with Gasteiger partial charge in [0.1, 0.15) is 11.4 Å². The monoisotopic (exact) mass is 403 g/mol. The van der Waals surface area contributed by atoms with Crippen LogP contribution in [0.3, 0.4) is 0 Å². The summed E-state index contributed by atoms with van der Waals surface area (Å²) in [6.45, 7) is 8.33. The number of nitro groups is 1. The molecule has 0 atom stereocenters. The highest BCUT2D eigenvalue weighted by Crippen LogP contribution is 2.23. The van der Waals surface area contributed by atoms with E-state index in [9.17, 15) is 14.9 Å². The van der Waals surface area contributed by atoms with Crippen molar-refractivity contribution in [3.05, 3.63) is 34.1 Å². The second-order valence-electron chi connectivity index (χ2n) is 8.57. The fourth-order valence-corrected chi connectivity index (χ4v) is 3.57. The number of amides is 1. The van der Waals surface area contributed by atoms with E-state index in [0.717, 1.165) is 31.4 Å². The number of nitrogens with one attached hydrogen (secondary N) is 1. The average molecular weight is 403 g/mol. The maximum absolute atomic E-state index is 12.9. The molecule has 3 rings (SSSR count). The summed E-state index contributed by atoms with van der Waals surface area (Å²) in [5.41, 5.74) is 0.747. The van der Waals surface area contributed by atoms with E-state index in [1.807, 2.05) is 32.4 Å². The van der Waals surface area contributed by atoms with Crippen LogP contribution in [-0.4, -0.2) is 50.7 Å². The van der Waals surface area contributed by atoms with Crippen molar-refractivity contribution in [1.29, 1.82) is 0 Å². The molecule has 9 nitrogen and oxygen atoms in total. The van der Waals surface area contributed by atoms with E-state index in [4.69, 9.17) is 4.74 Å². The summed E-state index contributed by atoms with van der Waals surface area (Å²) in [6, 6.07) is 4.62. The first-order valence-corrected chi connectivity index (χ1v) is 9.92. The topological polar surface area (TPSA) is 103 Å². The number of nitro benzene ring substituents is 1. The van der Waals surface area contributed by atoms with Crippen molar-refractivity contribution in [3.63, 3.8) is 0 Å². The van der Waals surface area contributed by atoms with Gasteiger partial charge in [-0.3, -0.25) is 10.1 Å². The minimum atomic E-state index is -0.587. The van der Waals surface area contributed by atoms with Crippen LogP contribution in [0.1, 0.15) is 39.4 Å². The molecule has 0 radical (unpaired) electrons. The molecule has 1 aliphatic rings. The maximum atomic E-state index is 12.9. The van der Waals surface area contributed by atoms with Gasteiger partial charge in [-0.2, -0.15) is 0 Å². The Morgan fingerprint density at radius 3 is 2.69 bits per heavy atom. The predicted octanol–water partition coefficient (Wildman–Crippen LogP) is 3.22. The first-order valence-electron chi connectivity index (χ1n) is 9.92. The lowest BCUT2D eigenvalue weighted by molar-refractivity contribution is -0.384. The molecule has 1 aromatic carbocycles. The summed E-state index contributed by atoms with van der Waals surface area (Å²) in [7, 11) is 1.86. The van der Waals surface area contributed by atoms with E-state index in [0.29, 0.717) is 23.8 Å². The zero-order chi connectivity index (χ0) is 21.2. The van der Waals surface area contributed by atoms with Gasteiger partial charge in [-0.1, -0.05) is 0 Å². The molecular weight excluding hydrogens is 374 g/mol. The Hall–Kier alpha value is -2.68. The van der Waals surface area contributed by atoms with Gasteiger partial charge in [-0.25, -0.2) is 9.78 Å². The smallest absolute Gasteiger partial charge is 0.410 e. The van der Waals surface area contributed by atoms with E-state index in [1.165, 1.54) is 12.1 Å². The van der Waals surface area contributed by atoms with E-state index >= 15 is 0 Å². The number of non-ortho nitro benzene ring substituents is 1. The van der Waals surface area contributed by atoms with Crippen molar-refractivity contribution in [3.8, 4) is 0 Å². The van der Waals surface area contributed by atoms with Gasteiger partial charge in [0.05, 0.1) is 22.5 Å². The Bertz CT molecular complexity index is 896. The molecule has 1 amide bonds. The Balaban J connectivity index is 1.86. The number of nitrogens with zero attached hydrogens (tertiary/aromatic N) is 4. The maximum Gasteiger partial charge on any atom is 0.410 e. The number of rotatable bonds is 5.